The minimum absolute atomic E-state index is 0.169. The molecule has 0 spiro atoms. The fourth-order valence-electron chi connectivity index (χ4n) is 1.49. The van der Waals surface area contributed by atoms with Crippen LogP contribution in [-0.2, 0) is 6.42 Å². The van der Waals surface area contributed by atoms with E-state index >= 15 is 0 Å². The largest absolute Gasteiger partial charge is 0.287 e. The van der Waals surface area contributed by atoms with Crippen molar-refractivity contribution in [3.8, 4) is 10.4 Å². The van der Waals surface area contributed by atoms with Crippen LogP contribution in [0, 0.1) is 0 Å². The van der Waals surface area contributed by atoms with Crippen molar-refractivity contribution in [1.82, 2.24) is 0 Å². The van der Waals surface area contributed by atoms with Crippen molar-refractivity contribution in [3.63, 3.8) is 0 Å². The van der Waals surface area contributed by atoms with Crippen molar-refractivity contribution >= 4 is 22.7 Å². The number of benzene rings is 1. The van der Waals surface area contributed by atoms with Gasteiger partial charge in [0.15, 0.2) is 0 Å². The van der Waals surface area contributed by atoms with E-state index in [1.165, 1.54) is 34.7 Å². The molecule has 0 unspecified atom stereocenters. The van der Waals surface area contributed by atoms with Crippen LogP contribution in [0.15, 0.2) is 34.4 Å². The Bertz CT molecular complexity index is 479. The van der Waals surface area contributed by atoms with Gasteiger partial charge < -0.3 is 0 Å². The van der Waals surface area contributed by atoms with Crippen molar-refractivity contribution in [1.29, 1.82) is 0 Å². The summed E-state index contributed by atoms with van der Waals surface area (Å²) in [6.45, 7) is 2.18. The lowest BCUT2D eigenvalue weighted by molar-refractivity contribution is 0.922. The smallest absolute Gasteiger partial charge is 0.265 e. The molecule has 3 heteroatoms. The van der Waals surface area contributed by atoms with Crippen LogP contribution in [0.25, 0.3) is 10.4 Å². The van der Waals surface area contributed by atoms with E-state index in [4.69, 9.17) is 0 Å². The number of rotatable bonds is 3. The van der Waals surface area contributed by atoms with Crippen LogP contribution in [0.3, 0.4) is 0 Å². The molecule has 0 aliphatic carbocycles. The molecular formula is C12H12OS2. The van der Waals surface area contributed by atoms with E-state index in [9.17, 15) is 4.79 Å². The SMILES string of the molecule is CCCc1ccc(-c2csc(=O)s2)cc1. The van der Waals surface area contributed by atoms with Gasteiger partial charge in [0.2, 0.25) is 0 Å². The van der Waals surface area contributed by atoms with Crippen molar-refractivity contribution in [2.24, 2.45) is 0 Å². The highest BCUT2D eigenvalue weighted by atomic mass is 32.2. The minimum atomic E-state index is 0.169. The Labute approximate surface area is 97.0 Å². The van der Waals surface area contributed by atoms with Gasteiger partial charge in [0, 0.05) is 10.3 Å². The molecule has 1 aromatic heterocycles. The van der Waals surface area contributed by atoms with Crippen molar-refractivity contribution in [2.45, 2.75) is 19.8 Å². The average molecular weight is 236 g/mol. The van der Waals surface area contributed by atoms with Gasteiger partial charge in [-0.1, -0.05) is 60.3 Å². The maximum atomic E-state index is 11.1. The van der Waals surface area contributed by atoms with Crippen LogP contribution in [0.5, 0.6) is 0 Å². The predicted octanol–water partition coefficient (Wildman–Crippen LogP) is 3.79. The van der Waals surface area contributed by atoms with Gasteiger partial charge in [0.1, 0.15) is 0 Å². The molecule has 0 fully saturated rings. The highest BCUT2D eigenvalue weighted by Gasteiger charge is 2.01. The second kappa shape index (κ2) is 4.73. The lowest BCUT2D eigenvalue weighted by Gasteiger charge is -2.00. The van der Waals surface area contributed by atoms with Crippen LogP contribution in [0.2, 0.25) is 0 Å². The molecule has 0 saturated carbocycles. The van der Waals surface area contributed by atoms with Gasteiger partial charge in [-0.3, -0.25) is 4.79 Å². The highest BCUT2D eigenvalue weighted by Crippen LogP contribution is 2.24. The lowest BCUT2D eigenvalue weighted by Crippen LogP contribution is -1.82. The molecule has 78 valence electrons. The van der Waals surface area contributed by atoms with Gasteiger partial charge in [0.25, 0.3) is 4.06 Å². The minimum Gasteiger partial charge on any atom is -0.265 e. The summed E-state index contributed by atoms with van der Waals surface area (Å²) < 4.78 is 0.169. The van der Waals surface area contributed by atoms with E-state index in [0.717, 1.165) is 16.9 Å². The standard InChI is InChI=1S/C12H12OS2/c1-2-3-9-4-6-10(7-5-9)11-8-14-12(13)15-11/h4-8H,2-3H2,1H3. The topological polar surface area (TPSA) is 17.1 Å². The van der Waals surface area contributed by atoms with E-state index in [1.807, 2.05) is 5.38 Å². The van der Waals surface area contributed by atoms with Crippen LogP contribution >= 0.6 is 22.7 Å². The van der Waals surface area contributed by atoms with Gasteiger partial charge in [0.05, 0.1) is 0 Å². The first-order valence-electron chi connectivity index (χ1n) is 4.97. The molecule has 0 aliphatic heterocycles. The fraction of sp³-hybridized carbons (Fsp3) is 0.250. The zero-order valence-electron chi connectivity index (χ0n) is 8.53. The summed E-state index contributed by atoms with van der Waals surface area (Å²) in [6, 6.07) is 8.49. The Balaban J connectivity index is 2.27. The molecule has 0 radical (unpaired) electrons. The fourth-order valence-corrected chi connectivity index (χ4v) is 3.21. The lowest BCUT2D eigenvalue weighted by atomic mass is 10.1. The summed E-state index contributed by atoms with van der Waals surface area (Å²) in [6.07, 6.45) is 2.30. The van der Waals surface area contributed by atoms with E-state index in [1.54, 1.807) is 0 Å². The Morgan fingerprint density at radius 2 is 1.93 bits per heavy atom. The van der Waals surface area contributed by atoms with Crippen molar-refractivity contribution < 1.29 is 0 Å². The molecule has 0 amide bonds. The second-order valence-electron chi connectivity index (χ2n) is 3.40. The van der Waals surface area contributed by atoms with Gasteiger partial charge >= 0.3 is 0 Å². The first-order valence-corrected chi connectivity index (χ1v) is 6.67. The van der Waals surface area contributed by atoms with E-state index in [-0.39, 0.29) is 4.06 Å². The molecule has 1 nitrogen and oxygen atoms in total. The molecule has 2 aromatic rings. The third-order valence-corrected chi connectivity index (χ3v) is 4.21. The zero-order chi connectivity index (χ0) is 10.7. The molecule has 0 saturated heterocycles. The zero-order valence-corrected chi connectivity index (χ0v) is 10.2. The maximum absolute atomic E-state index is 11.1. The van der Waals surface area contributed by atoms with Crippen LogP contribution < -0.4 is 4.06 Å². The maximum Gasteiger partial charge on any atom is 0.287 e. The molecular weight excluding hydrogens is 224 g/mol. The summed E-state index contributed by atoms with van der Waals surface area (Å²) in [7, 11) is 0. The Morgan fingerprint density at radius 3 is 2.47 bits per heavy atom. The third-order valence-electron chi connectivity index (χ3n) is 2.23. The summed E-state index contributed by atoms with van der Waals surface area (Å²) in [4.78, 5) is 12.1. The van der Waals surface area contributed by atoms with Crippen LogP contribution in [0.1, 0.15) is 18.9 Å². The number of aryl methyl sites for hydroxylation is 1. The van der Waals surface area contributed by atoms with Gasteiger partial charge in [-0.05, 0) is 17.5 Å². The summed E-state index contributed by atoms with van der Waals surface area (Å²) in [5, 5.41) is 1.93. The summed E-state index contributed by atoms with van der Waals surface area (Å²) in [5.74, 6) is 0. The van der Waals surface area contributed by atoms with Gasteiger partial charge in [-0.2, -0.15) is 0 Å². The molecule has 0 atom stereocenters. The molecule has 1 aromatic carbocycles. The quantitative estimate of drug-likeness (QED) is 0.792. The number of hydrogen-bond donors (Lipinski definition) is 0. The summed E-state index contributed by atoms with van der Waals surface area (Å²) >= 11 is 2.60. The highest BCUT2D eigenvalue weighted by molar-refractivity contribution is 7.28. The normalized spacial score (nSPS) is 10.5. The summed E-state index contributed by atoms with van der Waals surface area (Å²) in [5.41, 5.74) is 2.52. The first kappa shape index (κ1) is 10.6. The molecule has 2 rings (SSSR count). The molecule has 0 bridgehead atoms. The first-order chi connectivity index (χ1) is 7.29. The van der Waals surface area contributed by atoms with Gasteiger partial charge in [-0.25, -0.2) is 0 Å². The Morgan fingerprint density at radius 1 is 1.20 bits per heavy atom. The molecule has 0 N–H and O–H groups in total. The van der Waals surface area contributed by atoms with E-state index in [0.29, 0.717) is 0 Å². The molecule has 0 aliphatic rings. The van der Waals surface area contributed by atoms with Gasteiger partial charge in [-0.15, -0.1) is 0 Å². The van der Waals surface area contributed by atoms with E-state index < -0.39 is 0 Å². The number of hydrogen-bond acceptors (Lipinski definition) is 3. The van der Waals surface area contributed by atoms with Crippen molar-refractivity contribution in [3.05, 3.63) is 44.1 Å². The Kier molecular flexibility index (Phi) is 3.34. The third kappa shape index (κ3) is 2.55. The second-order valence-corrected chi connectivity index (χ2v) is 5.51. The van der Waals surface area contributed by atoms with Crippen LogP contribution in [-0.4, -0.2) is 0 Å². The van der Waals surface area contributed by atoms with E-state index in [2.05, 4.69) is 31.2 Å². The molecule has 15 heavy (non-hydrogen) atoms. The molecule has 1 heterocycles. The predicted molar refractivity (Wildman–Crippen MR) is 67.9 cm³/mol. The average Bonchev–Trinajstić information content (AvgIpc) is 2.67. The monoisotopic (exact) mass is 236 g/mol. The Hall–Kier alpha value is -0.930. The van der Waals surface area contributed by atoms with Crippen LogP contribution in [0.4, 0.5) is 0 Å². The van der Waals surface area contributed by atoms with Crippen molar-refractivity contribution in [2.75, 3.05) is 0 Å².